The number of aromatic nitrogens is 1. The van der Waals surface area contributed by atoms with Crippen LogP contribution in [0.2, 0.25) is 0 Å². The summed E-state index contributed by atoms with van der Waals surface area (Å²) in [7, 11) is 0. The third-order valence-corrected chi connectivity index (χ3v) is 2.57. The molecule has 4 nitrogen and oxygen atoms in total. The van der Waals surface area contributed by atoms with E-state index in [0.717, 1.165) is 5.69 Å². The van der Waals surface area contributed by atoms with Crippen LogP contribution in [-0.2, 0) is 6.54 Å². The van der Waals surface area contributed by atoms with E-state index in [0.29, 0.717) is 23.9 Å². The zero-order valence-corrected chi connectivity index (χ0v) is 11.2. The van der Waals surface area contributed by atoms with Crippen LogP contribution < -0.4 is 10.1 Å². The lowest BCUT2D eigenvalue weighted by molar-refractivity contribution is 0.329. The third-order valence-electron chi connectivity index (χ3n) is 2.57. The molecule has 1 aromatic carbocycles. The SMILES string of the molecule is Cc1ccc(Oc2nc(CNC(C)C)co2)cc1F. The first-order valence-corrected chi connectivity index (χ1v) is 6.16. The van der Waals surface area contributed by atoms with Gasteiger partial charge in [-0.2, -0.15) is 4.98 Å². The van der Waals surface area contributed by atoms with Gasteiger partial charge in [0.05, 0.1) is 5.69 Å². The zero-order valence-electron chi connectivity index (χ0n) is 11.2. The summed E-state index contributed by atoms with van der Waals surface area (Å²) in [5, 5.41) is 3.22. The molecular formula is C14H17FN2O2. The van der Waals surface area contributed by atoms with Crippen LogP contribution in [0, 0.1) is 12.7 Å². The fraction of sp³-hybridized carbons (Fsp3) is 0.357. The Bertz CT molecular complexity index is 552. The molecule has 0 saturated heterocycles. The van der Waals surface area contributed by atoms with E-state index < -0.39 is 0 Å². The van der Waals surface area contributed by atoms with Gasteiger partial charge in [0.25, 0.3) is 0 Å². The lowest BCUT2D eigenvalue weighted by Gasteiger charge is -2.04. The van der Waals surface area contributed by atoms with Crippen molar-refractivity contribution in [3.63, 3.8) is 0 Å². The van der Waals surface area contributed by atoms with Crippen molar-refractivity contribution >= 4 is 0 Å². The Morgan fingerprint density at radius 3 is 2.89 bits per heavy atom. The van der Waals surface area contributed by atoms with Gasteiger partial charge in [-0.25, -0.2) is 4.39 Å². The molecule has 102 valence electrons. The molecule has 0 amide bonds. The molecule has 1 N–H and O–H groups in total. The maximum absolute atomic E-state index is 13.4. The molecule has 0 aliphatic heterocycles. The molecule has 0 radical (unpaired) electrons. The van der Waals surface area contributed by atoms with E-state index in [-0.39, 0.29) is 11.9 Å². The maximum Gasteiger partial charge on any atom is 0.399 e. The van der Waals surface area contributed by atoms with Crippen molar-refractivity contribution in [3.05, 3.63) is 41.5 Å². The number of halogens is 1. The average molecular weight is 264 g/mol. The minimum absolute atomic E-state index is 0.115. The Morgan fingerprint density at radius 2 is 2.21 bits per heavy atom. The lowest BCUT2D eigenvalue weighted by Crippen LogP contribution is -2.21. The highest BCUT2D eigenvalue weighted by Gasteiger charge is 2.08. The van der Waals surface area contributed by atoms with Crippen molar-refractivity contribution in [3.8, 4) is 11.8 Å². The number of aryl methyl sites for hydroxylation is 1. The predicted octanol–water partition coefficient (Wildman–Crippen LogP) is 3.41. The zero-order chi connectivity index (χ0) is 13.8. The first-order chi connectivity index (χ1) is 9.04. The van der Waals surface area contributed by atoms with Gasteiger partial charge >= 0.3 is 6.08 Å². The van der Waals surface area contributed by atoms with E-state index in [2.05, 4.69) is 10.3 Å². The van der Waals surface area contributed by atoms with Gasteiger partial charge in [-0.1, -0.05) is 19.9 Å². The van der Waals surface area contributed by atoms with Crippen molar-refractivity contribution in [2.24, 2.45) is 0 Å². The number of nitrogens with one attached hydrogen (secondary N) is 1. The molecule has 1 heterocycles. The van der Waals surface area contributed by atoms with Crippen molar-refractivity contribution in [1.82, 2.24) is 10.3 Å². The Hall–Kier alpha value is -1.88. The highest BCUT2D eigenvalue weighted by molar-refractivity contribution is 5.29. The molecule has 2 aromatic rings. The molecule has 19 heavy (non-hydrogen) atoms. The summed E-state index contributed by atoms with van der Waals surface area (Å²) in [6.45, 7) is 6.39. The number of rotatable bonds is 5. The first kappa shape index (κ1) is 13.5. The number of benzene rings is 1. The molecular weight excluding hydrogens is 247 g/mol. The number of hydrogen-bond donors (Lipinski definition) is 1. The van der Waals surface area contributed by atoms with Crippen molar-refractivity contribution < 1.29 is 13.5 Å². The molecule has 0 saturated carbocycles. The van der Waals surface area contributed by atoms with Crippen LogP contribution in [0.25, 0.3) is 0 Å². The predicted molar refractivity (Wildman–Crippen MR) is 69.7 cm³/mol. The Labute approximate surface area is 111 Å². The summed E-state index contributed by atoms with van der Waals surface area (Å²) in [6.07, 6.45) is 1.64. The van der Waals surface area contributed by atoms with Crippen LogP contribution in [0.1, 0.15) is 25.1 Å². The second-order valence-electron chi connectivity index (χ2n) is 4.65. The summed E-state index contributed by atoms with van der Waals surface area (Å²) >= 11 is 0. The van der Waals surface area contributed by atoms with E-state index in [1.807, 2.05) is 13.8 Å². The van der Waals surface area contributed by atoms with Gasteiger partial charge in [-0.15, -0.1) is 0 Å². The largest absolute Gasteiger partial charge is 0.417 e. The fourth-order valence-electron chi connectivity index (χ4n) is 1.46. The summed E-state index contributed by atoms with van der Waals surface area (Å²) in [5.74, 6) is 0.0547. The quantitative estimate of drug-likeness (QED) is 0.899. The summed E-state index contributed by atoms with van der Waals surface area (Å²) in [5.41, 5.74) is 1.32. The molecule has 5 heteroatoms. The van der Waals surface area contributed by atoms with E-state index in [4.69, 9.17) is 9.15 Å². The molecule has 1 aromatic heterocycles. The Balaban J connectivity index is 2.01. The summed E-state index contributed by atoms with van der Waals surface area (Å²) < 4.78 is 23.9. The second kappa shape index (κ2) is 5.84. The van der Waals surface area contributed by atoms with Crippen LogP contribution >= 0.6 is 0 Å². The lowest BCUT2D eigenvalue weighted by atomic mass is 10.2. The second-order valence-corrected chi connectivity index (χ2v) is 4.65. The Morgan fingerprint density at radius 1 is 1.42 bits per heavy atom. The minimum atomic E-state index is -0.314. The molecule has 0 aliphatic rings. The molecule has 0 aliphatic carbocycles. The first-order valence-electron chi connectivity index (χ1n) is 6.16. The summed E-state index contributed by atoms with van der Waals surface area (Å²) in [4.78, 5) is 4.16. The number of oxazole rings is 1. The van der Waals surface area contributed by atoms with Gasteiger partial charge in [0.2, 0.25) is 0 Å². The topological polar surface area (TPSA) is 47.3 Å². The van der Waals surface area contributed by atoms with Gasteiger partial charge < -0.3 is 14.5 Å². The highest BCUT2D eigenvalue weighted by atomic mass is 19.1. The molecule has 2 rings (SSSR count). The molecule has 0 bridgehead atoms. The van der Waals surface area contributed by atoms with Gasteiger partial charge in [-0.3, -0.25) is 0 Å². The smallest absolute Gasteiger partial charge is 0.399 e. The van der Waals surface area contributed by atoms with E-state index in [1.165, 1.54) is 12.3 Å². The van der Waals surface area contributed by atoms with Crippen molar-refractivity contribution in [2.45, 2.75) is 33.4 Å². The molecule has 0 unspecified atom stereocenters. The van der Waals surface area contributed by atoms with Gasteiger partial charge in [-0.05, 0) is 18.6 Å². The van der Waals surface area contributed by atoms with Crippen LogP contribution in [0.15, 0.2) is 28.9 Å². The van der Waals surface area contributed by atoms with Crippen LogP contribution in [0.4, 0.5) is 4.39 Å². The molecule has 0 fully saturated rings. The summed E-state index contributed by atoms with van der Waals surface area (Å²) in [6, 6.07) is 5.00. The monoisotopic (exact) mass is 264 g/mol. The Kier molecular flexibility index (Phi) is 4.16. The number of ether oxygens (including phenoxy) is 1. The van der Waals surface area contributed by atoms with Crippen molar-refractivity contribution in [2.75, 3.05) is 0 Å². The van der Waals surface area contributed by atoms with Crippen LogP contribution in [0.3, 0.4) is 0 Å². The highest BCUT2D eigenvalue weighted by Crippen LogP contribution is 2.22. The molecule has 0 atom stereocenters. The van der Waals surface area contributed by atoms with E-state index >= 15 is 0 Å². The van der Waals surface area contributed by atoms with E-state index in [1.54, 1.807) is 19.1 Å². The standard InChI is InChI=1S/C14H17FN2O2/c1-9(2)16-7-11-8-18-14(17-11)19-12-5-4-10(3)13(15)6-12/h4-6,8-9,16H,7H2,1-3H3. The minimum Gasteiger partial charge on any atom is -0.417 e. The van der Waals surface area contributed by atoms with Crippen LogP contribution in [-0.4, -0.2) is 11.0 Å². The number of nitrogens with zero attached hydrogens (tertiary/aromatic N) is 1. The van der Waals surface area contributed by atoms with Gasteiger partial charge in [0, 0.05) is 18.7 Å². The fourth-order valence-corrected chi connectivity index (χ4v) is 1.46. The number of hydrogen-bond acceptors (Lipinski definition) is 4. The normalized spacial score (nSPS) is 11.0. The van der Waals surface area contributed by atoms with Gasteiger partial charge in [0.1, 0.15) is 17.8 Å². The third kappa shape index (κ3) is 3.79. The maximum atomic E-state index is 13.4. The molecule has 0 spiro atoms. The van der Waals surface area contributed by atoms with Gasteiger partial charge in [0.15, 0.2) is 0 Å². The van der Waals surface area contributed by atoms with E-state index in [9.17, 15) is 4.39 Å². The van der Waals surface area contributed by atoms with Crippen LogP contribution in [0.5, 0.6) is 11.8 Å². The average Bonchev–Trinajstić information content (AvgIpc) is 2.79. The van der Waals surface area contributed by atoms with Crippen molar-refractivity contribution in [1.29, 1.82) is 0 Å².